The van der Waals surface area contributed by atoms with Crippen LogP contribution in [0.25, 0.3) is 0 Å². The summed E-state index contributed by atoms with van der Waals surface area (Å²) in [4.78, 5) is 9.30. The molecule has 136 valence electrons. The molecule has 1 aromatic carbocycles. The van der Waals surface area contributed by atoms with Crippen LogP contribution in [0, 0.1) is 0 Å². The molecule has 3 rings (SSSR count). The highest BCUT2D eigenvalue weighted by atomic mass is 35.5. The molecule has 0 N–H and O–H groups in total. The Morgan fingerprint density at radius 2 is 1.72 bits per heavy atom. The lowest BCUT2D eigenvalue weighted by Gasteiger charge is -2.30. The van der Waals surface area contributed by atoms with Gasteiger partial charge in [0.1, 0.15) is 0 Å². The summed E-state index contributed by atoms with van der Waals surface area (Å²) in [5.41, 5.74) is 2.63. The maximum atomic E-state index is 6.03. The molecular weight excluding hydrogens is 353 g/mol. The lowest BCUT2D eigenvalue weighted by molar-refractivity contribution is 0.166. The van der Waals surface area contributed by atoms with Gasteiger partial charge in [0, 0.05) is 43.1 Å². The van der Waals surface area contributed by atoms with E-state index in [2.05, 4.69) is 46.0 Å². The maximum absolute atomic E-state index is 6.03. The van der Waals surface area contributed by atoms with Crippen LogP contribution in [0.2, 0.25) is 5.02 Å². The number of rotatable bonds is 7. The molecule has 1 aliphatic rings. The van der Waals surface area contributed by atoms with Gasteiger partial charge in [-0.2, -0.15) is 0 Å². The molecule has 0 radical (unpaired) electrons. The van der Waals surface area contributed by atoms with Crippen LogP contribution >= 0.6 is 24.0 Å². The third-order valence-corrected chi connectivity index (χ3v) is 5.10. The number of hydrogen-bond acceptors (Lipinski definition) is 3. The number of likely N-dealkylation sites (N-methyl/N-ethyl adjacent to an activating group) is 1. The largest absolute Gasteiger partial charge is 0.299 e. The summed E-state index contributed by atoms with van der Waals surface area (Å²) in [5.74, 6) is 0. The highest BCUT2D eigenvalue weighted by Crippen LogP contribution is 2.20. The van der Waals surface area contributed by atoms with Gasteiger partial charge in [-0.3, -0.25) is 14.8 Å². The molecule has 1 aromatic heterocycles. The van der Waals surface area contributed by atoms with E-state index in [1.165, 1.54) is 30.5 Å². The summed E-state index contributed by atoms with van der Waals surface area (Å²) in [6.07, 6.45) is 6.39. The van der Waals surface area contributed by atoms with Crippen LogP contribution in [0.5, 0.6) is 0 Å². The minimum Gasteiger partial charge on any atom is -0.299 e. The van der Waals surface area contributed by atoms with Crippen molar-refractivity contribution in [1.82, 2.24) is 14.8 Å². The number of hydrogen-bond donors (Lipinski definition) is 0. The van der Waals surface area contributed by atoms with Crippen molar-refractivity contribution in [2.24, 2.45) is 0 Å². The zero-order valence-corrected chi connectivity index (χ0v) is 16.3. The first-order valence-electron chi connectivity index (χ1n) is 8.84. The fourth-order valence-electron chi connectivity index (χ4n) is 3.60. The zero-order valence-electron chi connectivity index (χ0n) is 14.8. The summed E-state index contributed by atoms with van der Waals surface area (Å²) in [5, 5.41) is 0.799. The van der Waals surface area contributed by atoms with E-state index in [1.54, 1.807) is 0 Å². The summed E-state index contributed by atoms with van der Waals surface area (Å²) >= 11 is 6.03. The molecule has 0 saturated carbocycles. The van der Waals surface area contributed by atoms with E-state index in [4.69, 9.17) is 11.6 Å². The van der Waals surface area contributed by atoms with Crippen molar-refractivity contribution in [1.29, 1.82) is 0 Å². The smallest absolute Gasteiger partial charge is 0.0406 e. The predicted molar refractivity (Wildman–Crippen MR) is 107 cm³/mol. The van der Waals surface area contributed by atoms with Crippen molar-refractivity contribution in [3.05, 3.63) is 64.9 Å². The number of nitrogens with zero attached hydrogens (tertiary/aromatic N) is 3. The van der Waals surface area contributed by atoms with E-state index >= 15 is 0 Å². The van der Waals surface area contributed by atoms with Crippen molar-refractivity contribution in [3.63, 3.8) is 0 Å². The lowest BCUT2D eigenvalue weighted by Crippen LogP contribution is -2.39. The number of likely N-dealkylation sites (tertiary alicyclic amines) is 1. The molecule has 2 aromatic rings. The molecule has 3 nitrogen and oxygen atoms in total. The molecule has 0 aliphatic carbocycles. The van der Waals surface area contributed by atoms with Crippen molar-refractivity contribution >= 4 is 24.0 Å². The maximum Gasteiger partial charge on any atom is 0.0406 e. The topological polar surface area (TPSA) is 19.4 Å². The van der Waals surface area contributed by atoms with Gasteiger partial charge in [-0.25, -0.2) is 0 Å². The van der Waals surface area contributed by atoms with Crippen LogP contribution in [-0.2, 0) is 13.1 Å². The minimum absolute atomic E-state index is 0. The van der Waals surface area contributed by atoms with Crippen LogP contribution in [0.15, 0.2) is 48.8 Å². The second kappa shape index (κ2) is 10.1. The molecule has 25 heavy (non-hydrogen) atoms. The molecule has 0 spiro atoms. The Balaban J connectivity index is 0.00000225. The molecule has 0 amide bonds. The average Bonchev–Trinajstić information content (AvgIpc) is 3.05. The first-order valence-corrected chi connectivity index (χ1v) is 9.22. The molecule has 1 atom stereocenters. The van der Waals surface area contributed by atoms with E-state index in [0.29, 0.717) is 6.04 Å². The number of pyridine rings is 1. The van der Waals surface area contributed by atoms with Crippen LogP contribution < -0.4 is 0 Å². The van der Waals surface area contributed by atoms with Gasteiger partial charge in [-0.1, -0.05) is 30.7 Å². The number of aromatic nitrogens is 1. The van der Waals surface area contributed by atoms with E-state index in [9.17, 15) is 0 Å². The first kappa shape index (κ1) is 20.2. The Morgan fingerprint density at radius 3 is 2.36 bits per heavy atom. The molecule has 1 aliphatic heterocycles. The summed E-state index contributed by atoms with van der Waals surface area (Å²) in [7, 11) is 0. The number of benzene rings is 1. The third-order valence-electron chi connectivity index (χ3n) is 4.85. The quantitative estimate of drug-likeness (QED) is 0.698. The van der Waals surface area contributed by atoms with E-state index < -0.39 is 0 Å². The van der Waals surface area contributed by atoms with Crippen molar-refractivity contribution < 1.29 is 0 Å². The minimum atomic E-state index is 0. The Morgan fingerprint density at radius 1 is 1.08 bits per heavy atom. The van der Waals surface area contributed by atoms with Crippen LogP contribution in [0.3, 0.4) is 0 Å². The average molecular weight is 380 g/mol. The Kier molecular flexibility index (Phi) is 8.17. The fourth-order valence-corrected chi connectivity index (χ4v) is 3.72. The SMILES string of the molecule is CCN1CCCC1CN(Cc1ccncc1)Cc1ccc(Cl)cc1.Cl. The monoisotopic (exact) mass is 379 g/mol. The lowest BCUT2D eigenvalue weighted by atomic mass is 10.1. The van der Waals surface area contributed by atoms with Crippen LogP contribution in [0.1, 0.15) is 30.9 Å². The van der Waals surface area contributed by atoms with Crippen molar-refractivity contribution in [3.8, 4) is 0 Å². The van der Waals surface area contributed by atoms with Gasteiger partial charge in [0.05, 0.1) is 0 Å². The zero-order chi connectivity index (χ0) is 16.8. The number of halogens is 2. The highest BCUT2D eigenvalue weighted by molar-refractivity contribution is 6.30. The molecule has 5 heteroatoms. The van der Waals surface area contributed by atoms with E-state index in [-0.39, 0.29) is 12.4 Å². The van der Waals surface area contributed by atoms with Gasteiger partial charge in [-0.05, 0) is 61.3 Å². The molecular formula is C20H27Cl2N3. The third kappa shape index (κ3) is 5.96. The summed E-state index contributed by atoms with van der Waals surface area (Å²) in [6.45, 7) is 7.68. The Labute approximate surface area is 162 Å². The van der Waals surface area contributed by atoms with Gasteiger partial charge < -0.3 is 0 Å². The molecule has 2 heterocycles. The molecule has 1 unspecified atom stereocenters. The first-order chi connectivity index (χ1) is 11.7. The Hall–Kier alpha value is -1.13. The van der Waals surface area contributed by atoms with Gasteiger partial charge >= 0.3 is 0 Å². The van der Waals surface area contributed by atoms with Gasteiger partial charge in [0.2, 0.25) is 0 Å². The van der Waals surface area contributed by atoms with E-state index in [0.717, 1.165) is 31.2 Å². The van der Waals surface area contributed by atoms with E-state index in [1.807, 2.05) is 24.5 Å². The summed E-state index contributed by atoms with van der Waals surface area (Å²) < 4.78 is 0. The predicted octanol–water partition coefficient (Wildman–Crippen LogP) is 4.64. The summed E-state index contributed by atoms with van der Waals surface area (Å²) in [6, 6.07) is 13.1. The molecule has 0 bridgehead atoms. The molecule has 1 saturated heterocycles. The van der Waals surface area contributed by atoms with Crippen LogP contribution in [-0.4, -0.2) is 40.5 Å². The van der Waals surface area contributed by atoms with Crippen molar-refractivity contribution in [2.45, 2.75) is 38.9 Å². The van der Waals surface area contributed by atoms with Crippen LogP contribution in [0.4, 0.5) is 0 Å². The van der Waals surface area contributed by atoms with Crippen molar-refractivity contribution in [2.75, 3.05) is 19.6 Å². The van der Waals surface area contributed by atoms with Gasteiger partial charge in [0.25, 0.3) is 0 Å². The fraction of sp³-hybridized carbons (Fsp3) is 0.450. The second-order valence-electron chi connectivity index (χ2n) is 6.58. The second-order valence-corrected chi connectivity index (χ2v) is 7.01. The highest BCUT2D eigenvalue weighted by Gasteiger charge is 2.25. The Bertz CT molecular complexity index is 619. The molecule has 1 fully saturated rings. The standard InChI is InChI=1S/C20H26ClN3.ClH/c1-2-24-13-3-4-20(24)16-23(15-18-9-11-22-12-10-18)14-17-5-7-19(21)8-6-17;/h5-12,20H,2-4,13-16H2,1H3;1H. The normalized spacial score (nSPS) is 17.6. The van der Waals surface area contributed by atoms with Gasteiger partial charge in [-0.15, -0.1) is 12.4 Å². The van der Waals surface area contributed by atoms with Gasteiger partial charge in [0.15, 0.2) is 0 Å².